The minimum Gasteiger partial charge on any atom is -0.457 e. The molecule has 0 amide bonds. The zero-order valence-electron chi connectivity index (χ0n) is 23.7. The van der Waals surface area contributed by atoms with Gasteiger partial charge >= 0.3 is 5.97 Å². The maximum absolute atomic E-state index is 12.6. The van der Waals surface area contributed by atoms with Crippen LogP contribution in [0.4, 0.5) is 0 Å². The first-order valence-electron chi connectivity index (χ1n) is 13.5. The monoisotopic (exact) mass is 535 g/mol. The predicted molar refractivity (Wildman–Crippen MR) is 144 cm³/mol. The summed E-state index contributed by atoms with van der Waals surface area (Å²) in [7, 11) is 1.69. The van der Waals surface area contributed by atoms with Crippen molar-refractivity contribution in [3.63, 3.8) is 0 Å². The Labute approximate surface area is 226 Å². The first-order valence-corrected chi connectivity index (χ1v) is 13.5. The summed E-state index contributed by atoms with van der Waals surface area (Å²) >= 11 is 0. The molecule has 2 rings (SSSR count). The fraction of sp³-hybridized carbons (Fsp3) is 0.724. The molecule has 1 fully saturated rings. The van der Waals surface area contributed by atoms with Crippen molar-refractivity contribution in [1.29, 1.82) is 0 Å². The summed E-state index contributed by atoms with van der Waals surface area (Å²) in [5, 5.41) is 24.3. The molecule has 0 spiro atoms. The topological polar surface area (TPSA) is 135 Å². The molecular formula is C29H45NO8. The molecule has 2 aliphatic rings. The van der Waals surface area contributed by atoms with Crippen molar-refractivity contribution < 1.29 is 34.0 Å². The van der Waals surface area contributed by atoms with Crippen LogP contribution in [0, 0.1) is 22.7 Å². The van der Waals surface area contributed by atoms with Crippen molar-refractivity contribution in [3.05, 3.63) is 40.9 Å². The molecular weight excluding hydrogens is 490 g/mol. The molecule has 214 valence electrons. The van der Waals surface area contributed by atoms with Gasteiger partial charge in [0, 0.05) is 24.9 Å². The predicted octanol–water partition coefficient (Wildman–Crippen LogP) is 4.06. The number of ether oxygens (including phenoxy) is 3. The Balaban J connectivity index is 2.12. The molecule has 0 bridgehead atoms. The number of aliphatic hydroxyl groups excluding tert-OH is 1. The Morgan fingerprint density at radius 3 is 2.61 bits per heavy atom. The van der Waals surface area contributed by atoms with E-state index in [1.54, 1.807) is 32.3 Å². The minimum absolute atomic E-state index is 0.0164. The molecule has 0 aromatic rings. The molecule has 2 N–H and O–H groups in total. The van der Waals surface area contributed by atoms with Gasteiger partial charge in [-0.05, 0) is 44.8 Å². The van der Waals surface area contributed by atoms with Crippen molar-refractivity contribution in [3.8, 4) is 0 Å². The first kappa shape index (κ1) is 32.0. The van der Waals surface area contributed by atoms with Crippen LogP contribution in [-0.2, 0) is 23.8 Å². The van der Waals surface area contributed by atoms with Crippen molar-refractivity contribution in [2.24, 2.45) is 22.9 Å². The Bertz CT molecular complexity index is 906. The molecule has 9 nitrogen and oxygen atoms in total. The molecule has 2 aliphatic heterocycles. The van der Waals surface area contributed by atoms with Gasteiger partial charge in [0.1, 0.15) is 23.9 Å². The van der Waals surface area contributed by atoms with Crippen LogP contribution in [0.15, 0.2) is 41.1 Å². The maximum Gasteiger partial charge on any atom is 0.308 e. The van der Waals surface area contributed by atoms with Crippen molar-refractivity contribution in [2.45, 2.75) is 109 Å². The van der Waals surface area contributed by atoms with Gasteiger partial charge < -0.3 is 24.4 Å². The van der Waals surface area contributed by atoms with Gasteiger partial charge in [-0.25, -0.2) is 0 Å². The average Bonchev–Trinajstić information content (AvgIpc) is 3.68. The third-order valence-electron chi connectivity index (χ3n) is 7.80. The number of carbonyl (C=O) groups excluding carboxylic acids is 2. The van der Waals surface area contributed by atoms with Gasteiger partial charge in [0.2, 0.25) is 0 Å². The van der Waals surface area contributed by atoms with Crippen LogP contribution in [0.25, 0.3) is 0 Å². The second-order valence-electron chi connectivity index (χ2n) is 11.0. The summed E-state index contributed by atoms with van der Waals surface area (Å²) < 4.78 is 17.0. The van der Waals surface area contributed by atoms with E-state index in [-0.39, 0.29) is 55.3 Å². The average molecular weight is 536 g/mol. The summed E-state index contributed by atoms with van der Waals surface area (Å²) in [6, 6.07) is -0.889. The number of nitrogens with zero attached hydrogens (tertiary/aromatic N) is 1. The van der Waals surface area contributed by atoms with Crippen LogP contribution in [0.1, 0.15) is 67.2 Å². The summed E-state index contributed by atoms with van der Waals surface area (Å²) in [5.41, 5.74) is -0.925. The number of hydrogen-bond donors (Lipinski definition) is 2. The highest BCUT2D eigenvalue weighted by atomic mass is 16.6. The molecule has 0 aliphatic carbocycles. The van der Waals surface area contributed by atoms with Crippen LogP contribution in [0.5, 0.6) is 0 Å². The molecule has 9 heteroatoms. The second kappa shape index (κ2) is 14.3. The van der Waals surface area contributed by atoms with E-state index in [1.807, 2.05) is 19.9 Å². The van der Waals surface area contributed by atoms with Crippen LogP contribution in [0.2, 0.25) is 0 Å². The number of nitroso groups, excluding NO2 is 1. The molecule has 10 atom stereocenters. The smallest absolute Gasteiger partial charge is 0.308 e. The Morgan fingerprint density at radius 2 is 2.00 bits per heavy atom. The minimum atomic E-state index is -1.65. The lowest BCUT2D eigenvalue weighted by Crippen LogP contribution is -2.36. The number of ketones is 1. The maximum atomic E-state index is 12.6. The third kappa shape index (κ3) is 8.66. The van der Waals surface area contributed by atoms with E-state index in [4.69, 9.17) is 14.2 Å². The number of epoxide rings is 1. The SMILES string of the molecule is CCC(OC)C(C)C1OC1C(O)C(C)/C=C/C=C(\C)C1OC(=O)CC(N=O)CCC(C)(O)C(=O)/C=C/C1C. The molecule has 38 heavy (non-hydrogen) atoms. The molecule has 2 heterocycles. The Kier molecular flexibility index (Phi) is 12.0. The van der Waals surface area contributed by atoms with E-state index in [1.165, 1.54) is 13.0 Å². The van der Waals surface area contributed by atoms with Gasteiger partial charge in [0.25, 0.3) is 0 Å². The lowest BCUT2D eigenvalue weighted by atomic mass is 9.89. The van der Waals surface area contributed by atoms with Crippen molar-refractivity contribution in [1.82, 2.24) is 0 Å². The summed E-state index contributed by atoms with van der Waals surface area (Å²) in [6.45, 7) is 11.1. The van der Waals surface area contributed by atoms with Crippen LogP contribution < -0.4 is 0 Å². The number of cyclic esters (lactones) is 1. The van der Waals surface area contributed by atoms with Gasteiger partial charge in [-0.3, -0.25) is 9.59 Å². The quantitative estimate of drug-likeness (QED) is 0.185. The number of carbonyl (C=O) groups is 2. The zero-order chi connectivity index (χ0) is 28.6. The second-order valence-corrected chi connectivity index (χ2v) is 11.0. The fourth-order valence-corrected chi connectivity index (χ4v) is 4.97. The summed E-state index contributed by atoms with van der Waals surface area (Å²) in [4.78, 5) is 36.4. The number of rotatable bonds is 10. The van der Waals surface area contributed by atoms with E-state index in [0.717, 1.165) is 12.0 Å². The molecule has 10 unspecified atom stereocenters. The first-order chi connectivity index (χ1) is 17.9. The van der Waals surface area contributed by atoms with Crippen molar-refractivity contribution in [2.75, 3.05) is 7.11 Å². The molecule has 0 saturated carbocycles. The Hall–Kier alpha value is -2.20. The van der Waals surface area contributed by atoms with Crippen molar-refractivity contribution >= 4 is 11.8 Å². The van der Waals surface area contributed by atoms with E-state index < -0.39 is 35.6 Å². The van der Waals surface area contributed by atoms with Gasteiger partial charge in [0.15, 0.2) is 5.78 Å². The third-order valence-corrected chi connectivity index (χ3v) is 7.80. The summed E-state index contributed by atoms with van der Waals surface area (Å²) in [5.74, 6) is -1.42. The fourth-order valence-electron chi connectivity index (χ4n) is 4.97. The lowest BCUT2D eigenvalue weighted by molar-refractivity contribution is -0.149. The van der Waals surface area contributed by atoms with E-state index in [2.05, 4.69) is 19.0 Å². The number of aliphatic hydroxyl groups is 2. The summed E-state index contributed by atoms with van der Waals surface area (Å²) in [6.07, 6.45) is 7.59. The van der Waals surface area contributed by atoms with E-state index in [9.17, 15) is 24.7 Å². The number of hydrogen-bond acceptors (Lipinski definition) is 9. The van der Waals surface area contributed by atoms with Gasteiger partial charge in [-0.15, -0.1) is 0 Å². The van der Waals surface area contributed by atoms with E-state index >= 15 is 0 Å². The highest BCUT2D eigenvalue weighted by Crippen LogP contribution is 2.37. The van der Waals surface area contributed by atoms with Gasteiger partial charge in [-0.2, -0.15) is 4.91 Å². The highest BCUT2D eigenvalue weighted by Gasteiger charge is 2.50. The highest BCUT2D eigenvalue weighted by molar-refractivity contribution is 5.96. The van der Waals surface area contributed by atoms with E-state index in [0.29, 0.717) is 0 Å². The largest absolute Gasteiger partial charge is 0.457 e. The van der Waals surface area contributed by atoms with Crippen LogP contribution in [0.3, 0.4) is 0 Å². The normalized spacial score (nSPS) is 35.4. The van der Waals surface area contributed by atoms with Gasteiger partial charge in [-0.1, -0.05) is 57.2 Å². The molecule has 1 saturated heterocycles. The Morgan fingerprint density at radius 1 is 1.32 bits per heavy atom. The number of methoxy groups -OCH3 is 1. The molecule has 0 aromatic carbocycles. The zero-order valence-corrected chi connectivity index (χ0v) is 23.7. The lowest BCUT2D eigenvalue weighted by Gasteiger charge is -2.26. The standard InChI is InChI=1S/C29H45NO8/c1-8-22(36-7)20(5)27-28(38-27)25(33)17(2)10-9-11-18(3)26-19(4)12-13-23(31)29(6,34)15-14-21(30-35)16-24(32)37-26/h9-13,17,19-22,25-28,33-34H,8,14-16H2,1-7H3/b10-9+,13-12+,18-11+. The number of esters is 1. The van der Waals surface area contributed by atoms with Gasteiger partial charge in [0.05, 0.1) is 24.7 Å². The van der Waals surface area contributed by atoms with Crippen LogP contribution >= 0.6 is 0 Å². The number of allylic oxidation sites excluding steroid dienone is 2. The molecule has 0 radical (unpaired) electrons. The molecule has 0 aromatic heterocycles. The van der Waals surface area contributed by atoms with Crippen LogP contribution in [-0.4, -0.2) is 71.2 Å².